The zero-order chi connectivity index (χ0) is 14.5. The van der Waals surface area contributed by atoms with Gasteiger partial charge in [-0.3, -0.25) is 4.90 Å². The van der Waals surface area contributed by atoms with Gasteiger partial charge in [0.05, 0.1) is 6.54 Å². The molecule has 19 heavy (non-hydrogen) atoms. The lowest BCUT2D eigenvalue weighted by Crippen LogP contribution is -2.30. The average molecular weight is 290 g/mol. The molecule has 0 bridgehead atoms. The molecule has 1 rings (SSSR count). The minimum Gasteiger partial charge on any atom is -0.292 e. The van der Waals surface area contributed by atoms with Crippen LogP contribution in [0.2, 0.25) is 0 Å². The van der Waals surface area contributed by atoms with Crippen LogP contribution in [0.15, 0.2) is 24.3 Å². The average Bonchev–Trinajstić information content (AvgIpc) is 2.28. The number of nitrogens with zero attached hydrogens (tertiary/aromatic N) is 1. The minimum absolute atomic E-state index is 0.108. The van der Waals surface area contributed by atoms with E-state index in [9.17, 15) is 8.78 Å². The number of halogens is 3. The second-order valence-corrected chi connectivity index (χ2v) is 6.14. The molecule has 0 amide bonds. The number of alkyl halides is 3. The molecule has 0 saturated carbocycles. The Hall–Kier alpha value is -0.670. The van der Waals surface area contributed by atoms with E-state index in [0.29, 0.717) is 19.0 Å². The highest BCUT2D eigenvalue weighted by molar-refractivity contribution is 6.18. The van der Waals surface area contributed by atoms with Crippen LogP contribution in [0.25, 0.3) is 0 Å². The molecule has 0 aromatic heterocycles. The zero-order valence-electron chi connectivity index (χ0n) is 11.8. The Morgan fingerprint density at radius 2 is 1.74 bits per heavy atom. The van der Waals surface area contributed by atoms with Gasteiger partial charge in [-0.2, -0.15) is 0 Å². The SMILES string of the molecule is CC(C)(C)c1ccc(CN(CCCl)CC(F)F)cc1. The van der Waals surface area contributed by atoms with Crippen molar-refractivity contribution in [1.82, 2.24) is 4.90 Å². The van der Waals surface area contributed by atoms with Gasteiger partial charge in [0, 0.05) is 19.0 Å². The first-order chi connectivity index (χ1) is 8.82. The van der Waals surface area contributed by atoms with E-state index in [2.05, 4.69) is 32.9 Å². The molecule has 0 saturated heterocycles. The van der Waals surface area contributed by atoms with Crippen molar-refractivity contribution < 1.29 is 8.78 Å². The highest BCUT2D eigenvalue weighted by Crippen LogP contribution is 2.22. The quantitative estimate of drug-likeness (QED) is 0.706. The Bertz CT molecular complexity index is 371. The lowest BCUT2D eigenvalue weighted by atomic mass is 9.87. The first-order valence-electron chi connectivity index (χ1n) is 6.49. The van der Waals surface area contributed by atoms with Gasteiger partial charge in [0.2, 0.25) is 0 Å². The Kier molecular flexibility index (Phi) is 6.21. The number of hydrogen-bond acceptors (Lipinski definition) is 1. The largest absolute Gasteiger partial charge is 0.292 e. The molecule has 0 N–H and O–H groups in total. The molecular weight excluding hydrogens is 268 g/mol. The fourth-order valence-corrected chi connectivity index (χ4v) is 2.16. The van der Waals surface area contributed by atoms with Crippen LogP contribution >= 0.6 is 11.6 Å². The highest BCUT2D eigenvalue weighted by Gasteiger charge is 2.15. The van der Waals surface area contributed by atoms with Gasteiger partial charge in [0.1, 0.15) is 0 Å². The third-order valence-electron chi connectivity index (χ3n) is 3.02. The highest BCUT2D eigenvalue weighted by atomic mass is 35.5. The van der Waals surface area contributed by atoms with Crippen LogP contribution in [-0.2, 0) is 12.0 Å². The topological polar surface area (TPSA) is 3.24 Å². The third kappa shape index (κ3) is 5.87. The van der Waals surface area contributed by atoms with Crippen molar-refractivity contribution in [2.24, 2.45) is 0 Å². The summed E-state index contributed by atoms with van der Waals surface area (Å²) in [6.45, 7) is 7.22. The summed E-state index contributed by atoms with van der Waals surface area (Å²) in [5.74, 6) is 0.368. The molecular formula is C15H22ClF2N. The van der Waals surface area contributed by atoms with Crippen LogP contribution in [0, 0.1) is 0 Å². The molecule has 0 unspecified atom stereocenters. The minimum atomic E-state index is -2.32. The standard InChI is InChI=1S/C15H22ClF2N/c1-15(2,3)13-6-4-12(5-7-13)10-19(9-8-16)11-14(17)18/h4-7,14H,8-11H2,1-3H3. The van der Waals surface area contributed by atoms with Gasteiger partial charge in [0.15, 0.2) is 0 Å². The Balaban J connectivity index is 2.69. The summed E-state index contributed by atoms with van der Waals surface area (Å²) in [5.41, 5.74) is 2.39. The Labute approximate surface area is 119 Å². The first-order valence-corrected chi connectivity index (χ1v) is 7.02. The van der Waals surface area contributed by atoms with E-state index in [-0.39, 0.29) is 12.0 Å². The Morgan fingerprint density at radius 1 is 1.16 bits per heavy atom. The zero-order valence-corrected chi connectivity index (χ0v) is 12.6. The molecule has 0 aliphatic heterocycles. The van der Waals surface area contributed by atoms with Gasteiger partial charge in [-0.05, 0) is 16.5 Å². The van der Waals surface area contributed by atoms with Gasteiger partial charge in [0.25, 0.3) is 6.43 Å². The maximum Gasteiger partial charge on any atom is 0.251 e. The lowest BCUT2D eigenvalue weighted by Gasteiger charge is -2.22. The van der Waals surface area contributed by atoms with E-state index >= 15 is 0 Å². The van der Waals surface area contributed by atoms with Gasteiger partial charge in [-0.15, -0.1) is 11.6 Å². The van der Waals surface area contributed by atoms with Crippen molar-refractivity contribution in [3.63, 3.8) is 0 Å². The molecule has 1 aromatic carbocycles. The predicted molar refractivity (Wildman–Crippen MR) is 77.1 cm³/mol. The maximum absolute atomic E-state index is 12.4. The second kappa shape index (κ2) is 7.20. The lowest BCUT2D eigenvalue weighted by molar-refractivity contribution is 0.0878. The second-order valence-electron chi connectivity index (χ2n) is 5.76. The van der Waals surface area contributed by atoms with Crippen LogP contribution in [0.4, 0.5) is 8.78 Å². The van der Waals surface area contributed by atoms with Crippen molar-refractivity contribution in [2.75, 3.05) is 19.0 Å². The van der Waals surface area contributed by atoms with Crippen molar-refractivity contribution in [2.45, 2.75) is 39.2 Å². The van der Waals surface area contributed by atoms with E-state index in [0.717, 1.165) is 5.56 Å². The monoisotopic (exact) mass is 289 g/mol. The summed E-state index contributed by atoms with van der Waals surface area (Å²) in [4.78, 5) is 1.68. The predicted octanol–water partition coefficient (Wildman–Crippen LogP) is 4.29. The van der Waals surface area contributed by atoms with E-state index in [1.807, 2.05) is 12.1 Å². The van der Waals surface area contributed by atoms with Gasteiger partial charge < -0.3 is 0 Å². The molecule has 1 nitrogen and oxygen atoms in total. The summed E-state index contributed by atoms with van der Waals surface area (Å²) in [6.07, 6.45) is -2.32. The van der Waals surface area contributed by atoms with Crippen molar-refractivity contribution in [1.29, 1.82) is 0 Å². The van der Waals surface area contributed by atoms with Crippen LogP contribution in [-0.4, -0.2) is 30.3 Å². The molecule has 0 heterocycles. The molecule has 0 spiro atoms. The van der Waals surface area contributed by atoms with Gasteiger partial charge >= 0.3 is 0 Å². The van der Waals surface area contributed by atoms with E-state index in [1.54, 1.807) is 4.90 Å². The molecule has 0 radical (unpaired) electrons. The fraction of sp³-hybridized carbons (Fsp3) is 0.600. The molecule has 108 valence electrons. The van der Waals surface area contributed by atoms with Crippen LogP contribution in [0.3, 0.4) is 0 Å². The van der Waals surface area contributed by atoms with Crippen LogP contribution in [0.1, 0.15) is 31.9 Å². The van der Waals surface area contributed by atoms with Crippen LogP contribution in [0.5, 0.6) is 0 Å². The van der Waals surface area contributed by atoms with Crippen molar-refractivity contribution in [3.05, 3.63) is 35.4 Å². The molecule has 1 aromatic rings. The number of hydrogen-bond donors (Lipinski definition) is 0. The molecule has 0 atom stereocenters. The summed E-state index contributed by atoms with van der Waals surface area (Å²) in [7, 11) is 0. The van der Waals surface area contributed by atoms with Gasteiger partial charge in [-0.1, -0.05) is 45.0 Å². The van der Waals surface area contributed by atoms with E-state index in [4.69, 9.17) is 11.6 Å². The molecule has 4 heteroatoms. The molecule has 0 aliphatic rings. The van der Waals surface area contributed by atoms with Crippen LogP contribution < -0.4 is 0 Å². The number of rotatable bonds is 6. The van der Waals surface area contributed by atoms with Crippen molar-refractivity contribution in [3.8, 4) is 0 Å². The molecule has 0 aliphatic carbocycles. The summed E-state index contributed by atoms with van der Waals surface area (Å²) in [6, 6.07) is 8.15. The first kappa shape index (κ1) is 16.4. The van der Waals surface area contributed by atoms with E-state index < -0.39 is 6.43 Å². The van der Waals surface area contributed by atoms with Gasteiger partial charge in [-0.25, -0.2) is 8.78 Å². The maximum atomic E-state index is 12.4. The smallest absolute Gasteiger partial charge is 0.251 e. The normalized spacial score (nSPS) is 12.4. The fourth-order valence-electron chi connectivity index (χ4n) is 1.92. The molecule has 0 fully saturated rings. The summed E-state index contributed by atoms with van der Waals surface area (Å²) >= 11 is 5.64. The van der Waals surface area contributed by atoms with E-state index in [1.165, 1.54) is 5.56 Å². The summed E-state index contributed by atoms with van der Waals surface area (Å²) in [5, 5.41) is 0. The third-order valence-corrected chi connectivity index (χ3v) is 3.19. The Morgan fingerprint density at radius 3 is 2.16 bits per heavy atom. The van der Waals surface area contributed by atoms with Crippen molar-refractivity contribution >= 4 is 11.6 Å². The summed E-state index contributed by atoms with van der Waals surface area (Å²) < 4.78 is 24.9. The number of benzene rings is 1.